The van der Waals surface area contributed by atoms with Crippen molar-refractivity contribution in [3.8, 4) is 0 Å². The fraction of sp³-hybridized carbons (Fsp3) is 0.500. The van der Waals surface area contributed by atoms with Crippen LogP contribution in [0.4, 0.5) is 0 Å². The largest absolute Gasteiger partial charge is 0.385 e. The minimum absolute atomic E-state index is 0.0254. The Hall–Kier alpha value is -2.03. The molecule has 7 nitrogen and oxygen atoms in total. The summed E-state index contributed by atoms with van der Waals surface area (Å²) in [4.78, 5) is 28.1. The molecule has 1 amide bonds. The van der Waals surface area contributed by atoms with Gasteiger partial charge in [0.15, 0.2) is 4.77 Å². The van der Waals surface area contributed by atoms with Crippen molar-refractivity contribution < 1.29 is 14.3 Å². The lowest BCUT2D eigenvalue weighted by atomic mass is 10.1. The molecule has 140 valence electrons. The van der Waals surface area contributed by atoms with Crippen LogP contribution >= 0.6 is 12.2 Å². The first-order chi connectivity index (χ1) is 12.6. The molecule has 0 radical (unpaired) electrons. The second-order valence-electron chi connectivity index (χ2n) is 6.34. The maximum Gasteiger partial charge on any atom is 0.262 e. The zero-order chi connectivity index (χ0) is 18.5. The molecule has 1 atom stereocenters. The summed E-state index contributed by atoms with van der Waals surface area (Å²) in [7, 11) is 1.62. The fourth-order valence-corrected chi connectivity index (χ4v) is 3.34. The van der Waals surface area contributed by atoms with Crippen LogP contribution in [0.3, 0.4) is 0 Å². The lowest BCUT2D eigenvalue weighted by Crippen LogP contribution is -2.28. The molecule has 1 fully saturated rings. The number of ether oxygens (including phenoxy) is 2. The van der Waals surface area contributed by atoms with Gasteiger partial charge in [-0.25, -0.2) is 0 Å². The van der Waals surface area contributed by atoms with Gasteiger partial charge in [-0.1, -0.05) is 0 Å². The van der Waals surface area contributed by atoms with Crippen LogP contribution in [-0.4, -0.2) is 48.4 Å². The summed E-state index contributed by atoms with van der Waals surface area (Å²) < 4.78 is 12.4. The number of aromatic amines is 1. The fourth-order valence-electron chi connectivity index (χ4n) is 3.07. The van der Waals surface area contributed by atoms with E-state index >= 15 is 0 Å². The van der Waals surface area contributed by atoms with Gasteiger partial charge in [-0.15, -0.1) is 0 Å². The van der Waals surface area contributed by atoms with Crippen LogP contribution in [0.5, 0.6) is 0 Å². The molecule has 0 saturated carbocycles. The normalized spacial score (nSPS) is 16.9. The quantitative estimate of drug-likeness (QED) is 0.569. The number of amides is 1. The van der Waals surface area contributed by atoms with Crippen LogP contribution in [0.2, 0.25) is 0 Å². The first-order valence-corrected chi connectivity index (χ1v) is 9.16. The number of hydrogen-bond donors (Lipinski definition) is 2. The third-order valence-electron chi connectivity index (χ3n) is 4.47. The average Bonchev–Trinajstić information content (AvgIpc) is 3.15. The van der Waals surface area contributed by atoms with Crippen molar-refractivity contribution >= 4 is 29.0 Å². The maximum absolute atomic E-state index is 12.8. The number of nitrogens with zero attached hydrogens (tertiary/aromatic N) is 1. The third-order valence-corrected chi connectivity index (χ3v) is 4.79. The number of rotatable bonds is 7. The molecule has 2 aromatic rings. The van der Waals surface area contributed by atoms with E-state index in [9.17, 15) is 9.59 Å². The number of hydrogen-bond acceptors (Lipinski definition) is 5. The van der Waals surface area contributed by atoms with Gasteiger partial charge in [0.1, 0.15) is 0 Å². The summed E-state index contributed by atoms with van der Waals surface area (Å²) in [5.41, 5.74) is 0.885. The Kier molecular flexibility index (Phi) is 6.18. The van der Waals surface area contributed by atoms with Gasteiger partial charge in [0, 0.05) is 32.4 Å². The van der Waals surface area contributed by atoms with Crippen LogP contribution in [0, 0.1) is 4.77 Å². The van der Waals surface area contributed by atoms with Gasteiger partial charge >= 0.3 is 0 Å². The number of fused-ring (bicyclic) bond motifs is 1. The van der Waals surface area contributed by atoms with E-state index in [1.54, 1.807) is 25.3 Å². The summed E-state index contributed by atoms with van der Waals surface area (Å²) >= 11 is 5.35. The van der Waals surface area contributed by atoms with Crippen molar-refractivity contribution in [1.82, 2.24) is 14.9 Å². The van der Waals surface area contributed by atoms with Crippen molar-refractivity contribution in [1.29, 1.82) is 0 Å². The molecular formula is C18H23N3O4S. The standard InChI is InChI=1S/C18H23N3O4S/c1-24-8-3-7-19-16(22)12-5-6-14-15(10-12)20-18(26)21(17(14)23)11-13-4-2-9-25-13/h5-6,10,13H,2-4,7-9,11H2,1H3,(H,19,22)(H,20,26)/t13-/m0/s1. The highest BCUT2D eigenvalue weighted by Gasteiger charge is 2.18. The molecule has 0 spiro atoms. The number of carbonyl (C=O) groups is 1. The van der Waals surface area contributed by atoms with E-state index in [1.807, 2.05) is 0 Å². The van der Waals surface area contributed by atoms with E-state index in [-0.39, 0.29) is 17.6 Å². The number of benzene rings is 1. The summed E-state index contributed by atoms with van der Waals surface area (Å²) in [6.45, 7) is 2.30. The second kappa shape index (κ2) is 8.57. The maximum atomic E-state index is 12.8. The summed E-state index contributed by atoms with van der Waals surface area (Å²) in [5.74, 6) is -0.189. The number of methoxy groups -OCH3 is 1. The predicted molar refractivity (Wildman–Crippen MR) is 101 cm³/mol. The van der Waals surface area contributed by atoms with Crippen LogP contribution < -0.4 is 10.9 Å². The molecule has 1 aromatic carbocycles. The van der Waals surface area contributed by atoms with Gasteiger partial charge in [-0.05, 0) is 49.7 Å². The summed E-state index contributed by atoms with van der Waals surface area (Å²) in [6, 6.07) is 4.98. The molecule has 1 aliphatic heterocycles. The van der Waals surface area contributed by atoms with Crippen molar-refractivity contribution in [3.05, 3.63) is 38.9 Å². The Morgan fingerprint density at radius 3 is 3.08 bits per heavy atom. The van der Waals surface area contributed by atoms with E-state index in [0.29, 0.717) is 40.9 Å². The van der Waals surface area contributed by atoms with Gasteiger partial charge in [0.05, 0.1) is 23.6 Å². The lowest BCUT2D eigenvalue weighted by molar-refractivity contribution is 0.0948. The molecule has 0 unspecified atom stereocenters. The summed E-state index contributed by atoms with van der Waals surface area (Å²) in [5, 5.41) is 3.34. The van der Waals surface area contributed by atoms with Crippen molar-refractivity contribution in [2.24, 2.45) is 0 Å². The van der Waals surface area contributed by atoms with Crippen molar-refractivity contribution in [3.63, 3.8) is 0 Å². The molecule has 26 heavy (non-hydrogen) atoms. The minimum atomic E-state index is -0.189. The Balaban J connectivity index is 1.83. The monoisotopic (exact) mass is 377 g/mol. The van der Waals surface area contributed by atoms with Crippen molar-refractivity contribution in [2.75, 3.05) is 26.9 Å². The van der Waals surface area contributed by atoms with Gasteiger partial charge in [-0.3, -0.25) is 14.2 Å². The molecule has 3 rings (SSSR count). The Bertz CT molecular complexity index is 899. The highest BCUT2D eigenvalue weighted by atomic mass is 32.1. The third kappa shape index (κ3) is 4.20. The molecule has 2 heterocycles. The first-order valence-electron chi connectivity index (χ1n) is 8.76. The Labute approximate surface area is 156 Å². The van der Waals surface area contributed by atoms with Gasteiger partial charge in [0.2, 0.25) is 0 Å². The van der Waals surface area contributed by atoms with E-state index < -0.39 is 0 Å². The topological polar surface area (TPSA) is 85.3 Å². The van der Waals surface area contributed by atoms with Crippen molar-refractivity contribution in [2.45, 2.75) is 31.9 Å². The number of H-pyrrole nitrogens is 1. The Morgan fingerprint density at radius 2 is 2.35 bits per heavy atom. The molecule has 2 N–H and O–H groups in total. The van der Waals surface area contributed by atoms with Gasteiger partial charge < -0.3 is 19.8 Å². The molecule has 1 aromatic heterocycles. The molecule has 1 aliphatic rings. The zero-order valence-corrected chi connectivity index (χ0v) is 15.6. The van der Waals surface area contributed by atoms with E-state index in [2.05, 4.69) is 10.3 Å². The van der Waals surface area contributed by atoms with E-state index in [1.165, 1.54) is 4.57 Å². The number of nitrogens with one attached hydrogen (secondary N) is 2. The molecule has 0 aliphatic carbocycles. The lowest BCUT2D eigenvalue weighted by Gasteiger charge is -2.13. The molecule has 1 saturated heterocycles. The smallest absolute Gasteiger partial charge is 0.262 e. The van der Waals surface area contributed by atoms with Crippen LogP contribution in [0.1, 0.15) is 29.6 Å². The second-order valence-corrected chi connectivity index (χ2v) is 6.73. The average molecular weight is 377 g/mol. The highest BCUT2D eigenvalue weighted by Crippen LogP contribution is 2.15. The number of carbonyl (C=O) groups excluding carboxylic acids is 1. The zero-order valence-electron chi connectivity index (χ0n) is 14.7. The van der Waals surface area contributed by atoms with Crippen LogP contribution in [0.15, 0.2) is 23.0 Å². The first kappa shape index (κ1) is 18.8. The van der Waals surface area contributed by atoms with Crippen LogP contribution in [-0.2, 0) is 16.0 Å². The van der Waals surface area contributed by atoms with Gasteiger partial charge in [0.25, 0.3) is 11.5 Å². The highest BCUT2D eigenvalue weighted by molar-refractivity contribution is 7.71. The molecular weight excluding hydrogens is 354 g/mol. The predicted octanol–water partition coefficient (Wildman–Crippen LogP) is 2.00. The van der Waals surface area contributed by atoms with Crippen LogP contribution in [0.25, 0.3) is 10.9 Å². The van der Waals surface area contributed by atoms with Gasteiger partial charge in [-0.2, -0.15) is 0 Å². The SMILES string of the molecule is COCCCNC(=O)c1ccc2c(=O)n(C[C@@H]3CCCO3)c(=S)[nH]c2c1. The number of aromatic nitrogens is 2. The van der Waals surface area contributed by atoms with E-state index in [0.717, 1.165) is 25.9 Å². The Morgan fingerprint density at radius 1 is 1.50 bits per heavy atom. The molecule has 0 bridgehead atoms. The minimum Gasteiger partial charge on any atom is -0.385 e. The van der Waals surface area contributed by atoms with E-state index in [4.69, 9.17) is 21.7 Å². The summed E-state index contributed by atoms with van der Waals surface area (Å²) in [6.07, 6.45) is 2.71. The molecule has 8 heteroatoms.